The lowest BCUT2D eigenvalue weighted by molar-refractivity contribution is -0.362. The molecule has 0 aliphatic heterocycles. The van der Waals surface area contributed by atoms with Gasteiger partial charge in [0.15, 0.2) is 6.20 Å². The lowest BCUT2D eigenvalue weighted by atomic mass is 9.97. The van der Waals surface area contributed by atoms with Gasteiger partial charge in [-0.1, -0.05) is 72.8 Å². The SMILES string of the molecule is c1ccc(-c2cccc(-c3[nH+]ccc4c3ccc3ccccc34)c2)cc1. The maximum Gasteiger partial charge on any atom is 0.218 e. The summed E-state index contributed by atoms with van der Waals surface area (Å²) in [5.41, 5.74) is 4.83. The molecular formula is C25H18N+. The number of fused-ring (bicyclic) bond motifs is 3. The van der Waals surface area contributed by atoms with E-state index in [9.17, 15) is 0 Å². The summed E-state index contributed by atoms with van der Waals surface area (Å²) in [6.45, 7) is 0. The van der Waals surface area contributed by atoms with Crippen LogP contribution in [0.5, 0.6) is 0 Å². The van der Waals surface area contributed by atoms with E-state index in [0.29, 0.717) is 0 Å². The van der Waals surface area contributed by atoms with Crippen LogP contribution in [0.25, 0.3) is 43.9 Å². The Labute approximate surface area is 152 Å². The van der Waals surface area contributed by atoms with E-state index in [1.54, 1.807) is 0 Å². The molecule has 0 saturated carbocycles. The fourth-order valence-corrected chi connectivity index (χ4v) is 3.70. The zero-order valence-corrected chi connectivity index (χ0v) is 14.3. The number of benzene rings is 4. The third-order valence-corrected chi connectivity index (χ3v) is 4.98. The molecule has 1 aromatic heterocycles. The topological polar surface area (TPSA) is 14.1 Å². The first-order valence-corrected chi connectivity index (χ1v) is 8.88. The Morgan fingerprint density at radius 2 is 1.23 bits per heavy atom. The molecule has 26 heavy (non-hydrogen) atoms. The van der Waals surface area contributed by atoms with E-state index in [-0.39, 0.29) is 0 Å². The standard InChI is InChI=1S/C25H17N/c1-2-7-18(8-3-1)20-10-6-11-21(17-20)25-24-14-13-19-9-4-5-12-22(19)23(24)15-16-26-25/h1-17H/p+1. The zero-order valence-electron chi connectivity index (χ0n) is 14.3. The van der Waals surface area contributed by atoms with Crippen LogP contribution in [0.2, 0.25) is 0 Å². The van der Waals surface area contributed by atoms with E-state index in [1.165, 1.54) is 38.2 Å². The van der Waals surface area contributed by atoms with Crippen LogP contribution >= 0.6 is 0 Å². The van der Waals surface area contributed by atoms with Gasteiger partial charge >= 0.3 is 0 Å². The van der Waals surface area contributed by atoms with Crippen LogP contribution in [0.15, 0.2) is 103 Å². The first kappa shape index (κ1) is 14.9. The third-order valence-electron chi connectivity index (χ3n) is 4.98. The average molecular weight is 332 g/mol. The van der Waals surface area contributed by atoms with E-state index in [1.807, 2.05) is 6.20 Å². The molecule has 0 amide bonds. The van der Waals surface area contributed by atoms with Crippen molar-refractivity contribution in [2.24, 2.45) is 0 Å². The number of nitrogens with one attached hydrogen (secondary N) is 1. The van der Waals surface area contributed by atoms with Crippen LogP contribution in [-0.4, -0.2) is 0 Å². The fourth-order valence-electron chi connectivity index (χ4n) is 3.70. The van der Waals surface area contributed by atoms with E-state index in [2.05, 4.69) is 102 Å². The highest BCUT2D eigenvalue weighted by atomic mass is 14.7. The molecule has 5 rings (SSSR count). The van der Waals surface area contributed by atoms with Crippen molar-refractivity contribution in [1.29, 1.82) is 0 Å². The minimum atomic E-state index is 1.16. The van der Waals surface area contributed by atoms with Crippen LogP contribution in [0.1, 0.15) is 0 Å². The molecule has 0 saturated heterocycles. The second kappa shape index (κ2) is 6.12. The predicted octanol–water partition coefficient (Wildman–Crippen LogP) is 6.14. The summed E-state index contributed by atoms with van der Waals surface area (Å²) in [4.78, 5) is 3.47. The van der Waals surface area contributed by atoms with Gasteiger partial charge in [0.2, 0.25) is 5.69 Å². The molecule has 5 aromatic rings. The van der Waals surface area contributed by atoms with Crippen molar-refractivity contribution >= 4 is 21.5 Å². The highest BCUT2D eigenvalue weighted by Crippen LogP contribution is 2.31. The number of aromatic amines is 1. The smallest absolute Gasteiger partial charge is 0.211 e. The number of hydrogen-bond acceptors (Lipinski definition) is 0. The van der Waals surface area contributed by atoms with Crippen molar-refractivity contribution in [2.45, 2.75) is 0 Å². The van der Waals surface area contributed by atoms with Gasteiger partial charge in [0.05, 0.1) is 5.39 Å². The second-order valence-corrected chi connectivity index (χ2v) is 6.55. The van der Waals surface area contributed by atoms with Gasteiger partial charge < -0.3 is 0 Å². The Morgan fingerprint density at radius 1 is 0.462 bits per heavy atom. The van der Waals surface area contributed by atoms with Crippen LogP contribution in [-0.2, 0) is 0 Å². The molecule has 1 nitrogen and oxygen atoms in total. The van der Waals surface area contributed by atoms with Crippen LogP contribution in [0.4, 0.5) is 0 Å². The van der Waals surface area contributed by atoms with Crippen LogP contribution in [0, 0.1) is 0 Å². The number of rotatable bonds is 2. The molecule has 1 heteroatoms. The summed E-state index contributed by atoms with van der Waals surface area (Å²) in [5.74, 6) is 0. The third kappa shape index (κ3) is 2.46. The van der Waals surface area contributed by atoms with Gasteiger partial charge in [0, 0.05) is 17.0 Å². The summed E-state index contributed by atoms with van der Waals surface area (Å²) >= 11 is 0. The van der Waals surface area contributed by atoms with Crippen molar-refractivity contribution in [2.75, 3.05) is 0 Å². The van der Waals surface area contributed by atoms with Gasteiger partial charge in [0.25, 0.3) is 0 Å². The number of aromatic nitrogens is 1. The first-order valence-electron chi connectivity index (χ1n) is 8.88. The minimum Gasteiger partial charge on any atom is -0.211 e. The Kier molecular flexibility index (Phi) is 3.50. The molecule has 0 bridgehead atoms. The number of H-pyrrole nitrogens is 1. The van der Waals surface area contributed by atoms with Crippen LogP contribution < -0.4 is 4.98 Å². The quantitative estimate of drug-likeness (QED) is 0.345. The highest BCUT2D eigenvalue weighted by Gasteiger charge is 2.13. The zero-order chi connectivity index (χ0) is 17.3. The Hall–Kier alpha value is -3.45. The molecule has 0 spiro atoms. The van der Waals surface area contributed by atoms with Crippen molar-refractivity contribution in [3.05, 3.63) is 103 Å². The summed E-state index contributed by atoms with van der Waals surface area (Å²) in [5, 5.41) is 5.09. The van der Waals surface area contributed by atoms with Crippen molar-refractivity contribution in [1.82, 2.24) is 0 Å². The molecule has 122 valence electrons. The van der Waals surface area contributed by atoms with Gasteiger partial charge in [-0.15, -0.1) is 0 Å². The number of hydrogen-bond donors (Lipinski definition) is 0. The van der Waals surface area contributed by atoms with Gasteiger partial charge in [-0.2, -0.15) is 0 Å². The molecule has 0 unspecified atom stereocenters. The van der Waals surface area contributed by atoms with Crippen molar-refractivity contribution in [3.63, 3.8) is 0 Å². The lowest BCUT2D eigenvalue weighted by Crippen LogP contribution is -2.06. The molecule has 4 aromatic carbocycles. The molecule has 0 fully saturated rings. The van der Waals surface area contributed by atoms with Crippen LogP contribution in [0.3, 0.4) is 0 Å². The Balaban J connectivity index is 1.74. The summed E-state index contributed by atoms with van der Waals surface area (Å²) in [6, 6.07) is 34.4. The Bertz CT molecular complexity index is 1220. The molecule has 1 N–H and O–H groups in total. The van der Waals surface area contributed by atoms with Gasteiger partial charge in [-0.05, 0) is 40.1 Å². The van der Waals surface area contributed by atoms with Gasteiger partial charge in [0.1, 0.15) is 0 Å². The molecule has 1 heterocycles. The monoisotopic (exact) mass is 332 g/mol. The van der Waals surface area contributed by atoms with Crippen molar-refractivity contribution < 1.29 is 4.98 Å². The molecule has 0 atom stereocenters. The maximum atomic E-state index is 3.47. The molecule has 0 aliphatic carbocycles. The van der Waals surface area contributed by atoms with E-state index in [0.717, 1.165) is 5.69 Å². The van der Waals surface area contributed by atoms with E-state index < -0.39 is 0 Å². The highest BCUT2D eigenvalue weighted by molar-refractivity contribution is 6.10. The normalized spacial score (nSPS) is 11.1. The van der Waals surface area contributed by atoms with Gasteiger partial charge in [-0.25, -0.2) is 4.98 Å². The summed E-state index contributed by atoms with van der Waals surface area (Å²) < 4.78 is 0. The second-order valence-electron chi connectivity index (χ2n) is 6.55. The summed E-state index contributed by atoms with van der Waals surface area (Å²) in [6.07, 6.45) is 2.04. The Morgan fingerprint density at radius 3 is 2.15 bits per heavy atom. The maximum absolute atomic E-state index is 3.47. The number of pyridine rings is 1. The minimum absolute atomic E-state index is 1.16. The fraction of sp³-hybridized carbons (Fsp3) is 0. The van der Waals surface area contributed by atoms with Crippen molar-refractivity contribution in [3.8, 4) is 22.4 Å². The molecular weight excluding hydrogens is 314 g/mol. The largest absolute Gasteiger partial charge is 0.218 e. The van der Waals surface area contributed by atoms with E-state index >= 15 is 0 Å². The molecule has 0 radical (unpaired) electrons. The molecule has 0 aliphatic rings. The predicted molar refractivity (Wildman–Crippen MR) is 109 cm³/mol. The lowest BCUT2D eigenvalue weighted by Gasteiger charge is -2.07. The van der Waals surface area contributed by atoms with Gasteiger partial charge in [-0.3, -0.25) is 0 Å². The summed E-state index contributed by atoms with van der Waals surface area (Å²) in [7, 11) is 0. The average Bonchev–Trinajstić information content (AvgIpc) is 2.74. The van der Waals surface area contributed by atoms with E-state index in [4.69, 9.17) is 0 Å². The first-order chi connectivity index (χ1) is 12.9.